The Balaban J connectivity index is 1.99. The minimum absolute atomic E-state index is 0.0105. The van der Waals surface area contributed by atoms with E-state index in [1.807, 2.05) is 13.8 Å². The standard InChI is InChI=1S/C14H20N4O2/c1-10(2)13(19)17-6-8-18(9-7-17)14(20)12-11(15)4-3-5-16-12/h3-5,10H,6-9,15H2,1-2H3. The molecule has 0 aromatic carbocycles. The quantitative estimate of drug-likeness (QED) is 0.858. The summed E-state index contributed by atoms with van der Waals surface area (Å²) < 4.78 is 0. The number of carbonyl (C=O) groups excluding carboxylic acids is 2. The molecule has 1 aliphatic rings. The molecule has 2 rings (SSSR count). The molecule has 6 nitrogen and oxygen atoms in total. The van der Waals surface area contributed by atoms with Crippen LogP contribution in [-0.2, 0) is 4.79 Å². The normalized spacial score (nSPS) is 15.6. The molecule has 2 N–H and O–H groups in total. The molecule has 0 bridgehead atoms. The first kappa shape index (κ1) is 14.3. The average Bonchev–Trinajstić information content (AvgIpc) is 2.46. The van der Waals surface area contributed by atoms with Crippen molar-refractivity contribution in [3.8, 4) is 0 Å². The second-order valence-electron chi connectivity index (χ2n) is 5.21. The van der Waals surface area contributed by atoms with E-state index < -0.39 is 0 Å². The number of piperazine rings is 1. The van der Waals surface area contributed by atoms with Crippen LogP contribution in [0.4, 0.5) is 5.69 Å². The van der Waals surface area contributed by atoms with Crippen LogP contribution in [0.1, 0.15) is 24.3 Å². The van der Waals surface area contributed by atoms with Crippen LogP contribution >= 0.6 is 0 Å². The number of hydrogen-bond donors (Lipinski definition) is 1. The third-order valence-electron chi connectivity index (χ3n) is 3.41. The monoisotopic (exact) mass is 276 g/mol. The van der Waals surface area contributed by atoms with Gasteiger partial charge in [-0.25, -0.2) is 4.98 Å². The summed E-state index contributed by atoms with van der Waals surface area (Å²) in [6.45, 7) is 5.94. The minimum Gasteiger partial charge on any atom is -0.397 e. The number of aromatic nitrogens is 1. The fraction of sp³-hybridized carbons (Fsp3) is 0.500. The van der Waals surface area contributed by atoms with E-state index in [0.717, 1.165) is 0 Å². The number of anilines is 1. The molecule has 0 radical (unpaired) electrons. The molecule has 0 aliphatic carbocycles. The SMILES string of the molecule is CC(C)C(=O)N1CCN(C(=O)c2ncccc2N)CC1. The minimum atomic E-state index is -0.167. The zero-order valence-corrected chi connectivity index (χ0v) is 11.9. The number of rotatable bonds is 2. The van der Waals surface area contributed by atoms with Crippen LogP contribution in [0.3, 0.4) is 0 Å². The Hall–Kier alpha value is -2.11. The second-order valence-corrected chi connectivity index (χ2v) is 5.21. The first-order valence-corrected chi connectivity index (χ1v) is 6.79. The van der Waals surface area contributed by atoms with Gasteiger partial charge in [0.25, 0.3) is 5.91 Å². The maximum Gasteiger partial charge on any atom is 0.274 e. The van der Waals surface area contributed by atoms with Crippen molar-refractivity contribution in [2.24, 2.45) is 5.92 Å². The molecular formula is C14H20N4O2. The fourth-order valence-electron chi connectivity index (χ4n) is 2.24. The number of carbonyl (C=O) groups is 2. The van der Waals surface area contributed by atoms with Crippen molar-refractivity contribution < 1.29 is 9.59 Å². The van der Waals surface area contributed by atoms with Gasteiger partial charge >= 0.3 is 0 Å². The highest BCUT2D eigenvalue weighted by molar-refractivity contribution is 5.97. The van der Waals surface area contributed by atoms with Gasteiger partial charge in [-0.05, 0) is 12.1 Å². The molecule has 1 aromatic rings. The van der Waals surface area contributed by atoms with Crippen molar-refractivity contribution in [3.05, 3.63) is 24.0 Å². The van der Waals surface area contributed by atoms with Crippen molar-refractivity contribution in [2.75, 3.05) is 31.9 Å². The number of nitrogens with zero attached hydrogens (tertiary/aromatic N) is 3. The fourth-order valence-corrected chi connectivity index (χ4v) is 2.24. The topological polar surface area (TPSA) is 79.5 Å². The zero-order chi connectivity index (χ0) is 14.7. The van der Waals surface area contributed by atoms with Crippen LogP contribution in [0.5, 0.6) is 0 Å². The second kappa shape index (κ2) is 5.90. The molecule has 1 aromatic heterocycles. The van der Waals surface area contributed by atoms with Crippen LogP contribution in [-0.4, -0.2) is 52.8 Å². The van der Waals surface area contributed by atoms with Gasteiger partial charge < -0.3 is 15.5 Å². The highest BCUT2D eigenvalue weighted by Gasteiger charge is 2.27. The van der Waals surface area contributed by atoms with E-state index in [0.29, 0.717) is 31.9 Å². The lowest BCUT2D eigenvalue weighted by Crippen LogP contribution is -2.51. The molecule has 0 atom stereocenters. The largest absolute Gasteiger partial charge is 0.397 e. The molecule has 6 heteroatoms. The van der Waals surface area contributed by atoms with E-state index in [2.05, 4.69) is 4.98 Å². The Labute approximate surface area is 118 Å². The summed E-state index contributed by atoms with van der Waals surface area (Å²) in [5, 5.41) is 0. The van der Waals surface area contributed by atoms with Crippen LogP contribution in [0.2, 0.25) is 0 Å². The van der Waals surface area contributed by atoms with E-state index in [1.165, 1.54) is 0 Å². The van der Waals surface area contributed by atoms with Gasteiger partial charge in [-0.2, -0.15) is 0 Å². The lowest BCUT2D eigenvalue weighted by Gasteiger charge is -2.35. The van der Waals surface area contributed by atoms with Crippen molar-refractivity contribution >= 4 is 17.5 Å². The van der Waals surface area contributed by atoms with Crippen LogP contribution in [0.25, 0.3) is 0 Å². The smallest absolute Gasteiger partial charge is 0.274 e. The molecule has 1 aliphatic heterocycles. The Morgan fingerprint density at radius 1 is 1.20 bits per heavy atom. The summed E-state index contributed by atoms with van der Waals surface area (Å²) in [6, 6.07) is 3.37. The summed E-state index contributed by atoms with van der Waals surface area (Å²) >= 11 is 0. The molecule has 1 saturated heterocycles. The number of hydrogen-bond acceptors (Lipinski definition) is 4. The maximum absolute atomic E-state index is 12.3. The number of pyridine rings is 1. The molecule has 20 heavy (non-hydrogen) atoms. The van der Waals surface area contributed by atoms with E-state index in [1.54, 1.807) is 28.1 Å². The molecule has 0 saturated carbocycles. The Morgan fingerprint density at radius 2 is 1.80 bits per heavy atom. The third kappa shape index (κ3) is 2.89. The Morgan fingerprint density at radius 3 is 2.35 bits per heavy atom. The van der Waals surface area contributed by atoms with Crippen molar-refractivity contribution in [1.29, 1.82) is 0 Å². The Bertz CT molecular complexity index is 508. The van der Waals surface area contributed by atoms with E-state index in [9.17, 15) is 9.59 Å². The first-order chi connectivity index (χ1) is 9.50. The van der Waals surface area contributed by atoms with Gasteiger partial charge in [-0.3, -0.25) is 9.59 Å². The summed E-state index contributed by atoms with van der Waals surface area (Å²) in [4.78, 5) is 31.7. The van der Waals surface area contributed by atoms with Gasteiger partial charge in [0.05, 0.1) is 5.69 Å². The third-order valence-corrected chi connectivity index (χ3v) is 3.41. The highest BCUT2D eigenvalue weighted by atomic mass is 16.2. The van der Waals surface area contributed by atoms with E-state index in [-0.39, 0.29) is 23.4 Å². The van der Waals surface area contributed by atoms with Gasteiger partial charge in [0, 0.05) is 38.3 Å². The van der Waals surface area contributed by atoms with Crippen molar-refractivity contribution in [1.82, 2.24) is 14.8 Å². The summed E-state index contributed by atoms with van der Waals surface area (Å²) in [5.74, 6) is -0.0436. The highest BCUT2D eigenvalue weighted by Crippen LogP contribution is 2.13. The van der Waals surface area contributed by atoms with E-state index in [4.69, 9.17) is 5.73 Å². The summed E-state index contributed by atoms with van der Waals surface area (Å²) in [6.07, 6.45) is 1.56. The lowest BCUT2D eigenvalue weighted by atomic mass is 10.1. The number of nitrogen functional groups attached to an aromatic ring is 1. The lowest BCUT2D eigenvalue weighted by molar-refractivity contribution is -0.135. The molecule has 2 heterocycles. The molecule has 0 spiro atoms. The number of amides is 2. The summed E-state index contributed by atoms with van der Waals surface area (Å²) in [7, 11) is 0. The van der Waals surface area contributed by atoms with Gasteiger partial charge in [0.2, 0.25) is 5.91 Å². The van der Waals surface area contributed by atoms with E-state index >= 15 is 0 Å². The van der Waals surface area contributed by atoms with Gasteiger partial charge in [-0.1, -0.05) is 13.8 Å². The predicted octanol–water partition coefficient (Wildman–Crippen LogP) is 0.604. The van der Waals surface area contributed by atoms with Crippen LogP contribution in [0, 0.1) is 5.92 Å². The molecule has 1 fully saturated rings. The molecule has 108 valence electrons. The maximum atomic E-state index is 12.3. The molecular weight excluding hydrogens is 256 g/mol. The van der Waals surface area contributed by atoms with Gasteiger partial charge in [0.15, 0.2) is 5.69 Å². The number of nitrogens with two attached hydrogens (primary N) is 1. The average molecular weight is 276 g/mol. The zero-order valence-electron chi connectivity index (χ0n) is 11.9. The van der Waals surface area contributed by atoms with Crippen LogP contribution in [0.15, 0.2) is 18.3 Å². The molecule has 2 amide bonds. The van der Waals surface area contributed by atoms with Crippen molar-refractivity contribution in [3.63, 3.8) is 0 Å². The van der Waals surface area contributed by atoms with Crippen LogP contribution < -0.4 is 5.73 Å². The summed E-state index contributed by atoms with van der Waals surface area (Å²) in [5.41, 5.74) is 6.44. The molecule has 0 unspecified atom stereocenters. The van der Waals surface area contributed by atoms with Gasteiger partial charge in [0.1, 0.15) is 0 Å². The van der Waals surface area contributed by atoms with Crippen molar-refractivity contribution in [2.45, 2.75) is 13.8 Å². The first-order valence-electron chi connectivity index (χ1n) is 6.79. The Kier molecular flexibility index (Phi) is 4.22. The van der Waals surface area contributed by atoms with Gasteiger partial charge in [-0.15, -0.1) is 0 Å². The predicted molar refractivity (Wildman–Crippen MR) is 76.0 cm³/mol.